The third-order valence-electron chi connectivity index (χ3n) is 5.33. The number of hydrogen-bond donors (Lipinski definition) is 2. The predicted octanol–water partition coefficient (Wildman–Crippen LogP) is 3.82. The van der Waals surface area contributed by atoms with Crippen LogP contribution in [0.15, 0.2) is 42.5 Å². The van der Waals surface area contributed by atoms with E-state index in [1.165, 1.54) is 12.1 Å². The van der Waals surface area contributed by atoms with Crippen molar-refractivity contribution in [2.45, 2.75) is 38.3 Å². The van der Waals surface area contributed by atoms with Gasteiger partial charge < -0.3 is 20.1 Å². The average molecular weight is 400 g/mol. The average Bonchev–Trinajstić information content (AvgIpc) is 2.81. The summed E-state index contributed by atoms with van der Waals surface area (Å²) in [5, 5.41) is 13.6. The minimum Gasteiger partial charge on any atom is -0.388 e. The fourth-order valence-corrected chi connectivity index (χ4v) is 3.66. The van der Waals surface area contributed by atoms with Crippen LogP contribution in [0, 0.1) is 5.82 Å². The third kappa shape index (κ3) is 5.78. The molecule has 1 atom stereocenters. The first kappa shape index (κ1) is 21.3. The largest absolute Gasteiger partial charge is 0.388 e. The van der Waals surface area contributed by atoms with Crippen molar-refractivity contribution >= 4 is 11.6 Å². The summed E-state index contributed by atoms with van der Waals surface area (Å²) in [5.74, 6) is -0.516. The van der Waals surface area contributed by atoms with E-state index >= 15 is 0 Å². The Bertz CT molecular complexity index is 810. The summed E-state index contributed by atoms with van der Waals surface area (Å²) in [4.78, 5) is 14.9. The number of hydrogen-bond acceptors (Lipinski definition) is 4. The van der Waals surface area contributed by atoms with Crippen LogP contribution in [0.25, 0.3) is 0 Å². The molecule has 6 heteroatoms. The number of nitrogens with one attached hydrogen (secondary N) is 1. The molecule has 5 nitrogen and oxygen atoms in total. The number of aliphatic hydroxyl groups is 1. The van der Waals surface area contributed by atoms with Gasteiger partial charge in [0.2, 0.25) is 0 Å². The zero-order valence-corrected chi connectivity index (χ0v) is 16.9. The molecule has 0 saturated heterocycles. The molecule has 2 N–H and O–H groups in total. The molecule has 1 unspecified atom stereocenters. The van der Waals surface area contributed by atoms with Gasteiger partial charge in [0.25, 0.3) is 5.91 Å². The molecule has 0 aliphatic carbocycles. The quantitative estimate of drug-likeness (QED) is 0.774. The van der Waals surface area contributed by atoms with Crippen LogP contribution in [0.4, 0.5) is 10.1 Å². The van der Waals surface area contributed by atoms with Crippen LogP contribution in [0.3, 0.4) is 0 Å². The summed E-state index contributed by atoms with van der Waals surface area (Å²) < 4.78 is 18.3. The Hall–Kier alpha value is -2.44. The second-order valence-corrected chi connectivity index (χ2v) is 7.43. The van der Waals surface area contributed by atoms with E-state index in [0.717, 1.165) is 49.2 Å². The Morgan fingerprint density at radius 2 is 2.00 bits per heavy atom. The summed E-state index contributed by atoms with van der Waals surface area (Å²) in [6, 6.07) is 11.6. The van der Waals surface area contributed by atoms with Gasteiger partial charge in [-0.15, -0.1) is 0 Å². The van der Waals surface area contributed by atoms with Crippen LogP contribution < -0.4 is 10.2 Å². The fourth-order valence-electron chi connectivity index (χ4n) is 3.66. The minimum atomic E-state index is -0.599. The van der Waals surface area contributed by atoms with E-state index < -0.39 is 6.10 Å². The van der Waals surface area contributed by atoms with Crippen molar-refractivity contribution < 1.29 is 19.0 Å². The molecule has 2 aromatic carbocycles. The summed E-state index contributed by atoms with van der Waals surface area (Å²) in [6.45, 7) is 2.57. The van der Waals surface area contributed by atoms with Crippen LogP contribution in [-0.4, -0.2) is 37.8 Å². The zero-order chi connectivity index (χ0) is 20.6. The molecule has 0 radical (unpaired) electrons. The highest BCUT2D eigenvalue weighted by molar-refractivity contribution is 5.95. The molecular weight excluding hydrogens is 371 g/mol. The van der Waals surface area contributed by atoms with E-state index in [2.05, 4.69) is 10.2 Å². The van der Waals surface area contributed by atoms with Crippen LogP contribution in [-0.2, 0) is 11.3 Å². The Morgan fingerprint density at radius 1 is 1.21 bits per heavy atom. The number of nitrogens with zero attached hydrogens (tertiary/aromatic N) is 1. The van der Waals surface area contributed by atoms with Gasteiger partial charge in [-0.05, 0) is 48.7 Å². The number of carbonyl (C=O) groups is 1. The van der Waals surface area contributed by atoms with Crippen molar-refractivity contribution in [3.05, 3.63) is 65.0 Å². The lowest BCUT2D eigenvalue weighted by molar-refractivity contribution is 0.0950. The normalized spacial score (nSPS) is 17.1. The van der Waals surface area contributed by atoms with E-state index in [1.807, 2.05) is 6.07 Å². The summed E-state index contributed by atoms with van der Waals surface area (Å²) in [6.07, 6.45) is 3.18. The van der Waals surface area contributed by atoms with Crippen molar-refractivity contribution in [1.82, 2.24) is 5.32 Å². The number of anilines is 1. The second kappa shape index (κ2) is 10.4. The number of amides is 1. The van der Waals surface area contributed by atoms with E-state index in [9.17, 15) is 14.3 Å². The first-order valence-electron chi connectivity index (χ1n) is 10.2. The lowest BCUT2D eigenvalue weighted by Gasteiger charge is -2.28. The number of rotatable bonds is 6. The topological polar surface area (TPSA) is 61.8 Å². The van der Waals surface area contributed by atoms with Crippen molar-refractivity contribution in [1.29, 1.82) is 0 Å². The first-order valence-corrected chi connectivity index (χ1v) is 10.2. The molecule has 0 saturated carbocycles. The maximum absolute atomic E-state index is 13.0. The SMILES string of the molecule is COCCN1CCCCCC(O)c2cc(C(=O)NCc3ccc(F)cc3)ccc21. The summed E-state index contributed by atoms with van der Waals surface area (Å²) >= 11 is 0. The van der Waals surface area contributed by atoms with Gasteiger partial charge >= 0.3 is 0 Å². The monoisotopic (exact) mass is 400 g/mol. The van der Waals surface area contributed by atoms with Crippen LogP contribution in [0.5, 0.6) is 0 Å². The van der Waals surface area contributed by atoms with Crippen LogP contribution in [0.1, 0.15) is 53.3 Å². The maximum atomic E-state index is 13.0. The lowest BCUT2D eigenvalue weighted by atomic mass is 9.99. The molecule has 0 bridgehead atoms. The molecule has 156 valence electrons. The highest BCUT2D eigenvalue weighted by Crippen LogP contribution is 2.32. The summed E-state index contributed by atoms with van der Waals surface area (Å²) in [7, 11) is 1.68. The fraction of sp³-hybridized carbons (Fsp3) is 0.435. The number of fused-ring (bicyclic) bond motifs is 1. The molecule has 1 amide bonds. The standard InChI is InChI=1S/C23H29FN2O3/c1-29-14-13-26-12-4-2-3-5-22(27)20-15-18(8-11-21(20)26)23(28)25-16-17-6-9-19(24)10-7-17/h6-11,15,22,27H,2-5,12-14,16H2,1H3,(H,25,28). The Labute approximate surface area is 171 Å². The molecule has 2 aromatic rings. The van der Waals surface area contributed by atoms with Gasteiger partial charge in [-0.25, -0.2) is 4.39 Å². The number of benzene rings is 2. The van der Waals surface area contributed by atoms with Gasteiger partial charge in [-0.2, -0.15) is 0 Å². The van der Waals surface area contributed by atoms with Crippen LogP contribution in [0.2, 0.25) is 0 Å². The number of methoxy groups -OCH3 is 1. The molecule has 29 heavy (non-hydrogen) atoms. The van der Waals surface area contributed by atoms with Crippen molar-refractivity contribution in [2.24, 2.45) is 0 Å². The van der Waals surface area contributed by atoms with Gasteiger partial charge in [0.15, 0.2) is 0 Å². The van der Waals surface area contributed by atoms with Crippen molar-refractivity contribution in [3.8, 4) is 0 Å². The molecular formula is C23H29FN2O3. The Kier molecular flexibility index (Phi) is 7.61. The molecule has 1 aliphatic heterocycles. The van der Waals surface area contributed by atoms with E-state index in [-0.39, 0.29) is 11.7 Å². The highest BCUT2D eigenvalue weighted by atomic mass is 19.1. The first-order chi connectivity index (χ1) is 14.1. The van der Waals surface area contributed by atoms with E-state index in [0.29, 0.717) is 25.1 Å². The molecule has 0 fully saturated rings. The Morgan fingerprint density at radius 3 is 2.76 bits per heavy atom. The van der Waals surface area contributed by atoms with Crippen molar-refractivity contribution in [3.63, 3.8) is 0 Å². The summed E-state index contributed by atoms with van der Waals surface area (Å²) in [5.41, 5.74) is 3.09. The Balaban J connectivity index is 1.79. The van der Waals surface area contributed by atoms with Crippen LogP contribution >= 0.6 is 0 Å². The molecule has 1 heterocycles. The molecule has 3 rings (SSSR count). The van der Waals surface area contributed by atoms with Crippen molar-refractivity contribution in [2.75, 3.05) is 31.7 Å². The van der Waals surface area contributed by atoms with Gasteiger partial charge in [0.05, 0.1) is 12.7 Å². The van der Waals surface area contributed by atoms with Gasteiger partial charge in [0, 0.05) is 43.6 Å². The predicted molar refractivity (Wildman–Crippen MR) is 112 cm³/mol. The zero-order valence-electron chi connectivity index (χ0n) is 16.9. The molecule has 1 aliphatic rings. The number of halogens is 1. The second-order valence-electron chi connectivity index (χ2n) is 7.43. The number of ether oxygens (including phenoxy) is 1. The number of aliphatic hydroxyl groups excluding tert-OH is 1. The molecule has 0 aromatic heterocycles. The van der Waals surface area contributed by atoms with E-state index in [1.54, 1.807) is 31.4 Å². The minimum absolute atomic E-state index is 0.215. The maximum Gasteiger partial charge on any atom is 0.251 e. The van der Waals surface area contributed by atoms with Gasteiger partial charge in [-0.3, -0.25) is 4.79 Å². The van der Waals surface area contributed by atoms with E-state index in [4.69, 9.17) is 4.74 Å². The third-order valence-corrected chi connectivity index (χ3v) is 5.33. The molecule has 0 spiro atoms. The highest BCUT2D eigenvalue weighted by Gasteiger charge is 2.21. The number of carbonyl (C=O) groups excluding carboxylic acids is 1. The van der Waals surface area contributed by atoms with Gasteiger partial charge in [0.1, 0.15) is 5.82 Å². The lowest BCUT2D eigenvalue weighted by Crippen LogP contribution is -2.29. The van der Waals surface area contributed by atoms with Gasteiger partial charge in [-0.1, -0.05) is 25.0 Å². The smallest absolute Gasteiger partial charge is 0.251 e.